The van der Waals surface area contributed by atoms with Gasteiger partial charge in [0, 0.05) is 6.61 Å². The zero-order valence-electron chi connectivity index (χ0n) is 20.2. The number of ether oxygens (including phenoxy) is 1. The Balaban J connectivity index is 3.16. The van der Waals surface area contributed by atoms with Gasteiger partial charge in [0.15, 0.2) is 0 Å². The molecule has 2 nitrogen and oxygen atoms in total. The van der Waals surface area contributed by atoms with Crippen LogP contribution in [0, 0.1) is 11.8 Å². The number of unbranched alkanes of at least 4 members (excludes halogenated alkanes) is 13. The van der Waals surface area contributed by atoms with Crippen molar-refractivity contribution in [3.63, 3.8) is 0 Å². The normalized spacial score (nSPS) is 13.0. The first kappa shape index (κ1) is 27.9. The minimum absolute atomic E-state index is 0.0352. The Hall–Kier alpha value is -0.0800. The highest BCUT2D eigenvalue weighted by Crippen LogP contribution is 2.14. The summed E-state index contributed by atoms with van der Waals surface area (Å²) in [6.45, 7) is 10.1. The topological polar surface area (TPSA) is 35.2 Å². The van der Waals surface area contributed by atoms with Crippen molar-refractivity contribution >= 4 is 0 Å². The predicted molar refractivity (Wildman–Crippen MR) is 127 cm³/mol. The first-order valence-electron chi connectivity index (χ1n) is 12.9. The Labute approximate surface area is 178 Å². The third-order valence-corrected chi connectivity index (χ3v) is 5.78. The summed E-state index contributed by atoms with van der Waals surface area (Å²) in [5, 5.41) is 0. The van der Waals surface area contributed by atoms with Crippen molar-refractivity contribution in [2.24, 2.45) is 17.6 Å². The molecule has 170 valence electrons. The summed E-state index contributed by atoms with van der Waals surface area (Å²) < 4.78 is 5.78. The highest BCUT2D eigenvalue weighted by molar-refractivity contribution is 4.54. The molecule has 0 rings (SSSR count). The van der Waals surface area contributed by atoms with E-state index < -0.39 is 0 Å². The maximum absolute atomic E-state index is 6.09. The molecule has 0 aromatic rings. The molecule has 0 aliphatic heterocycles. The summed E-state index contributed by atoms with van der Waals surface area (Å²) in [6, 6.07) is 0. The first-order chi connectivity index (χ1) is 13.5. The van der Waals surface area contributed by atoms with Crippen LogP contribution in [0.15, 0.2) is 0 Å². The first-order valence-corrected chi connectivity index (χ1v) is 12.9. The van der Waals surface area contributed by atoms with Crippen LogP contribution in [-0.2, 0) is 4.74 Å². The van der Waals surface area contributed by atoms with Crippen LogP contribution in [-0.4, -0.2) is 12.8 Å². The van der Waals surface area contributed by atoms with Gasteiger partial charge in [-0.2, -0.15) is 0 Å². The second kappa shape index (κ2) is 21.6. The minimum atomic E-state index is -0.0352. The zero-order valence-corrected chi connectivity index (χ0v) is 20.2. The SMILES string of the molecule is CC(C)CCCCCCCCCCOC(N)CCCCCCCCCC(C)C. The van der Waals surface area contributed by atoms with Crippen molar-refractivity contribution in [3.05, 3.63) is 0 Å². The van der Waals surface area contributed by atoms with Gasteiger partial charge in [0.25, 0.3) is 0 Å². The average molecular weight is 398 g/mol. The Bertz CT molecular complexity index is 290. The molecule has 0 aromatic heterocycles. The van der Waals surface area contributed by atoms with Crippen LogP contribution in [0.3, 0.4) is 0 Å². The Morgan fingerprint density at radius 3 is 1.18 bits per heavy atom. The van der Waals surface area contributed by atoms with E-state index in [9.17, 15) is 0 Å². The van der Waals surface area contributed by atoms with Crippen LogP contribution in [0.2, 0.25) is 0 Å². The van der Waals surface area contributed by atoms with Gasteiger partial charge < -0.3 is 10.5 Å². The summed E-state index contributed by atoms with van der Waals surface area (Å²) in [6.07, 6.45) is 24.2. The van der Waals surface area contributed by atoms with Crippen LogP contribution in [0.25, 0.3) is 0 Å². The molecule has 0 radical (unpaired) electrons. The predicted octanol–water partition coefficient (Wildman–Crippen LogP) is 8.62. The zero-order chi connectivity index (χ0) is 20.9. The van der Waals surface area contributed by atoms with Gasteiger partial charge in [-0.25, -0.2) is 0 Å². The van der Waals surface area contributed by atoms with E-state index in [0.717, 1.165) is 24.9 Å². The summed E-state index contributed by atoms with van der Waals surface area (Å²) >= 11 is 0. The van der Waals surface area contributed by atoms with Gasteiger partial charge in [0.05, 0.1) is 0 Å². The number of rotatable bonds is 22. The van der Waals surface area contributed by atoms with Crippen molar-refractivity contribution in [3.8, 4) is 0 Å². The Kier molecular flexibility index (Phi) is 21.6. The van der Waals surface area contributed by atoms with Crippen molar-refractivity contribution < 1.29 is 4.74 Å². The van der Waals surface area contributed by atoms with E-state index in [0.29, 0.717) is 0 Å². The molecule has 0 bridgehead atoms. The quantitative estimate of drug-likeness (QED) is 0.146. The van der Waals surface area contributed by atoms with E-state index in [1.807, 2.05) is 0 Å². The van der Waals surface area contributed by atoms with Crippen molar-refractivity contribution in [1.82, 2.24) is 0 Å². The fraction of sp³-hybridized carbons (Fsp3) is 1.00. The molecule has 28 heavy (non-hydrogen) atoms. The molecule has 0 aromatic carbocycles. The van der Waals surface area contributed by atoms with Gasteiger partial charge in [0.1, 0.15) is 6.23 Å². The third kappa shape index (κ3) is 24.0. The van der Waals surface area contributed by atoms with E-state index in [1.165, 1.54) is 109 Å². The van der Waals surface area contributed by atoms with Gasteiger partial charge in [-0.15, -0.1) is 0 Å². The van der Waals surface area contributed by atoms with Crippen LogP contribution < -0.4 is 5.73 Å². The standard InChI is InChI=1S/C26H55NO/c1-24(2)20-16-12-8-5-6-11-15-19-23-28-26(27)22-18-14-10-7-9-13-17-21-25(3)4/h24-26H,5-23,27H2,1-4H3. The van der Waals surface area contributed by atoms with Crippen LogP contribution in [0.4, 0.5) is 0 Å². The number of nitrogens with two attached hydrogens (primary N) is 1. The summed E-state index contributed by atoms with van der Waals surface area (Å²) in [7, 11) is 0. The highest BCUT2D eigenvalue weighted by atomic mass is 16.5. The van der Waals surface area contributed by atoms with Crippen molar-refractivity contribution in [1.29, 1.82) is 0 Å². The van der Waals surface area contributed by atoms with Gasteiger partial charge in [-0.05, 0) is 31.1 Å². The minimum Gasteiger partial charge on any atom is -0.364 e. The lowest BCUT2D eigenvalue weighted by atomic mass is 10.0. The lowest BCUT2D eigenvalue weighted by molar-refractivity contribution is 0.0475. The lowest BCUT2D eigenvalue weighted by Crippen LogP contribution is -2.24. The smallest absolute Gasteiger partial charge is 0.105 e. The van der Waals surface area contributed by atoms with Gasteiger partial charge in [0.2, 0.25) is 0 Å². The Morgan fingerprint density at radius 2 is 0.786 bits per heavy atom. The summed E-state index contributed by atoms with van der Waals surface area (Å²) in [4.78, 5) is 0. The average Bonchev–Trinajstić information content (AvgIpc) is 2.64. The largest absolute Gasteiger partial charge is 0.364 e. The van der Waals surface area contributed by atoms with Crippen LogP contribution in [0.5, 0.6) is 0 Å². The second-order valence-corrected chi connectivity index (χ2v) is 9.87. The molecule has 0 spiro atoms. The molecule has 2 N–H and O–H groups in total. The van der Waals surface area contributed by atoms with Crippen molar-refractivity contribution in [2.45, 2.75) is 149 Å². The molecule has 1 atom stereocenters. The van der Waals surface area contributed by atoms with E-state index >= 15 is 0 Å². The maximum Gasteiger partial charge on any atom is 0.105 e. The molecule has 0 fully saturated rings. The molecular formula is C26H55NO. The fourth-order valence-corrected chi connectivity index (χ4v) is 3.82. The second-order valence-electron chi connectivity index (χ2n) is 9.87. The monoisotopic (exact) mass is 397 g/mol. The van der Waals surface area contributed by atoms with Gasteiger partial charge >= 0.3 is 0 Å². The van der Waals surface area contributed by atoms with Gasteiger partial charge in [-0.1, -0.05) is 124 Å². The molecule has 2 heteroatoms. The molecule has 0 amide bonds. The highest BCUT2D eigenvalue weighted by Gasteiger charge is 2.02. The molecule has 0 aliphatic rings. The molecule has 0 aliphatic carbocycles. The number of hydrogen-bond donors (Lipinski definition) is 1. The summed E-state index contributed by atoms with van der Waals surface area (Å²) in [5.74, 6) is 1.74. The van der Waals surface area contributed by atoms with Gasteiger partial charge in [-0.3, -0.25) is 0 Å². The Morgan fingerprint density at radius 1 is 0.464 bits per heavy atom. The maximum atomic E-state index is 6.09. The molecule has 1 unspecified atom stereocenters. The van der Waals surface area contributed by atoms with Crippen molar-refractivity contribution in [2.75, 3.05) is 6.61 Å². The van der Waals surface area contributed by atoms with E-state index in [-0.39, 0.29) is 6.23 Å². The van der Waals surface area contributed by atoms with E-state index in [1.54, 1.807) is 0 Å². The van der Waals surface area contributed by atoms with E-state index in [4.69, 9.17) is 10.5 Å². The molecule has 0 saturated heterocycles. The fourth-order valence-electron chi connectivity index (χ4n) is 3.82. The molecule has 0 heterocycles. The van der Waals surface area contributed by atoms with Crippen LogP contribution >= 0.6 is 0 Å². The van der Waals surface area contributed by atoms with Crippen LogP contribution in [0.1, 0.15) is 143 Å². The molecule has 0 saturated carbocycles. The molecular weight excluding hydrogens is 342 g/mol. The third-order valence-electron chi connectivity index (χ3n) is 5.78. The van der Waals surface area contributed by atoms with E-state index in [2.05, 4.69) is 27.7 Å². The lowest BCUT2D eigenvalue weighted by Gasteiger charge is -2.13. The summed E-state index contributed by atoms with van der Waals surface area (Å²) in [5.41, 5.74) is 6.09. The number of hydrogen-bond acceptors (Lipinski definition) is 2.